The zero-order chi connectivity index (χ0) is 17.9. The van der Waals surface area contributed by atoms with E-state index < -0.39 is 11.7 Å². The predicted octanol–water partition coefficient (Wildman–Crippen LogP) is 4.56. The molecule has 24 heavy (non-hydrogen) atoms. The SMILES string of the molecule is CCc1c(N)cc(C(=Nc2cccc(Cl)c2)NO)cc1C(F)(F)F. The molecule has 128 valence electrons. The molecule has 0 unspecified atom stereocenters. The van der Waals surface area contributed by atoms with Crippen molar-refractivity contribution in [2.24, 2.45) is 4.99 Å². The fourth-order valence-electron chi connectivity index (χ4n) is 2.31. The average molecular weight is 358 g/mol. The lowest BCUT2D eigenvalue weighted by Gasteiger charge is -2.16. The molecule has 0 saturated heterocycles. The number of amidine groups is 1. The minimum atomic E-state index is -4.56. The molecule has 0 spiro atoms. The van der Waals surface area contributed by atoms with E-state index >= 15 is 0 Å². The first-order valence-corrected chi connectivity index (χ1v) is 7.38. The van der Waals surface area contributed by atoms with Crippen LogP contribution in [-0.2, 0) is 12.6 Å². The number of benzene rings is 2. The third-order valence-electron chi connectivity index (χ3n) is 3.37. The molecule has 2 aromatic rings. The molecule has 0 aliphatic heterocycles. The molecule has 0 radical (unpaired) electrons. The van der Waals surface area contributed by atoms with E-state index in [1.54, 1.807) is 25.1 Å². The van der Waals surface area contributed by atoms with Gasteiger partial charge in [-0.25, -0.2) is 4.99 Å². The molecule has 0 heterocycles. The molecule has 4 N–H and O–H groups in total. The Kier molecular flexibility index (Phi) is 5.36. The van der Waals surface area contributed by atoms with E-state index in [2.05, 4.69) is 4.99 Å². The average Bonchev–Trinajstić information content (AvgIpc) is 2.51. The monoisotopic (exact) mass is 357 g/mol. The molecule has 0 bridgehead atoms. The number of hydrogen-bond acceptors (Lipinski definition) is 3. The molecular weight excluding hydrogens is 343 g/mol. The van der Waals surface area contributed by atoms with Crippen molar-refractivity contribution in [2.45, 2.75) is 19.5 Å². The number of aliphatic imine (C=N–C) groups is 1. The standard InChI is InChI=1S/C16H15ClF3N3O/c1-2-12-13(16(18,19)20)6-9(7-14(12)21)15(23-24)22-11-5-3-4-10(17)8-11/h3-8,24H,2,21H2,1H3,(H,22,23). The Morgan fingerprint density at radius 1 is 1.29 bits per heavy atom. The van der Waals surface area contributed by atoms with Crippen molar-refractivity contribution < 1.29 is 18.4 Å². The quantitative estimate of drug-likeness (QED) is 0.326. The Hall–Kier alpha value is -2.25. The maximum absolute atomic E-state index is 13.2. The van der Waals surface area contributed by atoms with E-state index in [0.29, 0.717) is 10.7 Å². The first-order chi connectivity index (χ1) is 11.3. The molecule has 4 nitrogen and oxygen atoms in total. The highest BCUT2D eigenvalue weighted by molar-refractivity contribution is 6.30. The molecule has 2 aromatic carbocycles. The Morgan fingerprint density at radius 3 is 2.54 bits per heavy atom. The van der Waals surface area contributed by atoms with Gasteiger partial charge in [-0.15, -0.1) is 0 Å². The van der Waals surface area contributed by atoms with Gasteiger partial charge in [0.2, 0.25) is 0 Å². The second kappa shape index (κ2) is 7.11. The maximum Gasteiger partial charge on any atom is 0.416 e. The molecule has 0 aliphatic carbocycles. The second-order valence-corrected chi connectivity index (χ2v) is 5.43. The Labute approximate surface area is 141 Å². The van der Waals surface area contributed by atoms with Gasteiger partial charge in [0.05, 0.1) is 11.3 Å². The summed E-state index contributed by atoms with van der Waals surface area (Å²) in [6.07, 6.45) is -4.43. The molecular formula is C16H15ClF3N3O. The van der Waals surface area contributed by atoms with Gasteiger partial charge in [-0.05, 0) is 42.3 Å². The summed E-state index contributed by atoms with van der Waals surface area (Å²) in [5.41, 5.74) is 7.08. The molecule has 2 rings (SSSR count). The smallest absolute Gasteiger partial charge is 0.398 e. The largest absolute Gasteiger partial charge is 0.416 e. The number of nitrogens with zero attached hydrogens (tertiary/aromatic N) is 1. The van der Waals surface area contributed by atoms with Crippen LogP contribution in [0, 0.1) is 0 Å². The number of halogens is 4. The maximum atomic E-state index is 13.2. The van der Waals surface area contributed by atoms with Gasteiger partial charge in [-0.2, -0.15) is 13.2 Å². The van der Waals surface area contributed by atoms with Crippen LogP contribution in [0.4, 0.5) is 24.5 Å². The zero-order valence-electron chi connectivity index (χ0n) is 12.7. The lowest BCUT2D eigenvalue weighted by atomic mass is 9.98. The Bertz CT molecular complexity index is 776. The number of rotatable bonds is 3. The topological polar surface area (TPSA) is 70.6 Å². The first-order valence-electron chi connectivity index (χ1n) is 7.00. The minimum absolute atomic E-state index is 0.00583. The van der Waals surface area contributed by atoms with Crippen LogP contribution >= 0.6 is 11.6 Å². The van der Waals surface area contributed by atoms with Crippen LogP contribution < -0.4 is 11.2 Å². The van der Waals surface area contributed by atoms with Crippen molar-refractivity contribution in [3.8, 4) is 0 Å². The summed E-state index contributed by atoms with van der Waals surface area (Å²) in [7, 11) is 0. The number of anilines is 1. The van der Waals surface area contributed by atoms with Crippen LogP contribution in [0.3, 0.4) is 0 Å². The van der Waals surface area contributed by atoms with E-state index in [4.69, 9.17) is 17.3 Å². The number of nitrogen functional groups attached to an aromatic ring is 1. The number of nitrogens with one attached hydrogen (secondary N) is 1. The van der Waals surface area contributed by atoms with Crippen molar-refractivity contribution in [3.63, 3.8) is 0 Å². The lowest BCUT2D eigenvalue weighted by Crippen LogP contribution is -2.22. The van der Waals surface area contributed by atoms with E-state index in [1.807, 2.05) is 5.48 Å². The van der Waals surface area contributed by atoms with Crippen LogP contribution in [0.1, 0.15) is 23.6 Å². The molecule has 0 saturated carbocycles. The molecule has 0 atom stereocenters. The van der Waals surface area contributed by atoms with Gasteiger partial charge in [-0.3, -0.25) is 10.7 Å². The first kappa shape index (κ1) is 18.1. The van der Waals surface area contributed by atoms with Crippen LogP contribution in [0.25, 0.3) is 0 Å². The lowest BCUT2D eigenvalue weighted by molar-refractivity contribution is -0.138. The summed E-state index contributed by atoms with van der Waals surface area (Å²) in [5.74, 6) is -0.169. The van der Waals surface area contributed by atoms with Crippen LogP contribution in [0.15, 0.2) is 41.4 Å². The Balaban J connectivity index is 2.59. The van der Waals surface area contributed by atoms with Crippen molar-refractivity contribution in [2.75, 3.05) is 5.73 Å². The van der Waals surface area contributed by atoms with Crippen molar-refractivity contribution >= 4 is 28.8 Å². The van der Waals surface area contributed by atoms with Gasteiger partial charge in [0.25, 0.3) is 0 Å². The van der Waals surface area contributed by atoms with Crippen molar-refractivity contribution in [1.82, 2.24) is 5.48 Å². The molecule has 0 aromatic heterocycles. The highest BCUT2D eigenvalue weighted by Gasteiger charge is 2.34. The van der Waals surface area contributed by atoms with Crippen LogP contribution in [-0.4, -0.2) is 11.0 Å². The van der Waals surface area contributed by atoms with E-state index in [1.165, 1.54) is 12.1 Å². The van der Waals surface area contributed by atoms with E-state index in [-0.39, 0.29) is 29.1 Å². The van der Waals surface area contributed by atoms with Crippen LogP contribution in [0.2, 0.25) is 5.02 Å². The van der Waals surface area contributed by atoms with Gasteiger partial charge in [0, 0.05) is 16.3 Å². The molecule has 8 heteroatoms. The third-order valence-corrected chi connectivity index (χ3v) is 3.61. The second-order valence-electron chi connectivity index (χ2n) is 4.99. The number of alkyl halides is 3. The highest BCUT2D eigenvalue weighted by atomic mass is 35.5. The number of hydroxylamine groups is 1. The highest BCUT2D eigenvalue weighted by Crippen LogP contribution is 2.36. The summed E-state index contributed by atoms with van der Waals surface area (Å²) < 4.78 is 39.7. The van der Waals surface area contributed by atoms with Gasteiger partial charge in [0.15, 0.2) is 5.84 Å². The summed E-state index contributed by atoms with van der Waals surface area (Å²) in [5, 5.41) is 9.69. The molecule has 0 aliphatic rings. The predicted molar refractivity (Wildman–Crippen MR) is 87.8 cm³/mol. The van der Waals surface area contributed by atoms with Gasteiger partial charge < -0.3 is 5.73 Å². The van der Waals surface area contributed by atoms with Gasteiger partial charge >= 0.3 is 6.18 Å². The normalized spacial score (nSPS) is 12.3. The minimum Gasteiger partial charge on any atom is -0.398 e. The summed E-state index contributed by atoms with van der Waals surface area (Å²) in [6.45, 7) is 1.59. The van der Waals surface area contributed by atoms with Crippen molar-refractivity contribution in [1.29, 1.82) is 0 Å². The fraction of sp³-hybridized carbons (Fsp3) is 0.188. The Morgan fingerprint density at radius 2 is 2.00 bits per heavy atom. The summed E-state index contributed by atoms with van der Waals surface area (Å²) >= 11 is 5.85. The molecule has 0 fully saturated rings. The van der Waals surface area contributed by atoms with E-state index in [9.17, 15) is 18.4 Å². The number of nitrogens with two attached hydrogens (primary N) is 1. The van der Waals surface area contributed by atoms with Crippen LogP contribution in [0.5, 0.6) is 0 Å². The zero-order valence-corrected chi connectivity index (χ0v) is 13.4. The summed E-state index contributed by atoms with van der Waals surface area (Å²) in [6, 6.07) is 8.60. The molecule has 0 amide bonds. The number of hydrogen-bond donors (Lipinski definition) is 3. The summed E-state index contributed by atoms with van der Waals surface area (Å²) in [4.78, 5) is 4.08. The fourth-order valence-corrected chi connectivity index (χ4v) is 2.49. The van der Waals surface area contributed by atoms with E-state index in [0.717, 1.165) is 6.07 Å². The van der Waals surface area contributed by atoms with Gasteiger partial charge in [0.1, 0.15) is 0 Å². The van der Waals surface area contributed by atoms with Gasteiger partial charge in [-0.1, -0.05) is 24.6 Å². The third kappa shape index (κ3) is 3.98. The van der Waals surface area contributed by atoms with Crippen molar-refractivity contribution in [3.05, 3.63) is 58.1 Å².